The molecule has 0 aliphatic carbocycles. The predicted octanol–water partition coefficient (Wildman–Crippen LogP) is 1.13. The summed E-state index contributed by atoms with van der Waals surface area (Å²) < 4.78 is 6.07. The van der Waals surface area contributed by atoms with Crippen LogP contribution in [0.5, 0.6) is 0 Å². The van der Waals surface area contributed by atoms with E-state index in [4.69, 9.17) is 10.5 Å². The number of amidine groups is 1. The van der Waals surface area contributed by atoms with Crippen LogP contribution in [0.3, 0.4) is 0 Å². The van der Waals surface area contributed by atoms with Crippen molar-refractivity contribution in [1.82, 2.24) is 15.3 Å². The van der Waals surface area contributed by atoms with E-state index < -0.39 is 0 Å². The number of piperidine rings is 1. The molecule has 4 N–H and O–H groups in total. The summed E-state index contributed by atoms with van der Waals surface area (Å²) in [6, 6.07) is 6.35. The van der Waals surface area contributed by atoms with Gasteiger partial charge in [0, 0.05) is 23.9 Å². The van der Waals surface area contributed by atoms with Crippen LogP contribution in [0.15, 0.2) is 29.5 Å². The van der Waals surface area contributed by atoms with Gasteiger partial charge in [0.15, 0.2) is 0 Å². The standard InChI is InChI=1S/C15H18N6O/c16-13-11-7-10(1-2-12(11)19-9-20-13)21-14-18-8-15(22-14)3-5-17-6-4-15/h1-2,7,9,17H,3-6,8H2,(H,18,21)(H2,16,19,20). The maximum Gasteiger partial charge on any atom is 0.289 e. The average Bonchev–Trinajstić information content (AvgIpc) is 2.91. The zero-order chi connectivity index (χ0) is 15.0. The van der Waals surface area contributed by atoms with E-state index in [1.54, 1.807) is 0 Å². The lowest BCUT2D eigenvalue weighted by Crippen LogP contribution is -2.45. The number of anilines is 2. The van der Waals surface area contributed by atoms with E-state index >= 15 is 0 Å². The van der Waals surface area contributed by atoms with Gasteiger partial charge in [-0.1, -0.05) is 0 Å². The highest BCUT2D eigenvalue weighted by Gasteiger charge is 2.39. The van der Waals surface area contributed by atoms with E-state index in [2.05, 4.69) is 25.6 Å². The second-order valence-electron chi connectivity index (χ2n) is 5.77. The molecule has 2 aromatic rings. The second kappa shape index (κ2) is 5.10. The molecule has 0 radical (unpaired) electrons. The summed E-state index contributed by atoms with van der Waals surface area (Å²) in [5, 5.41) is 7.40. The third-order valence-electron chi connectivity index (χ3n) is 4.26. The first-order valence-electron chi connectivity index (χ1n) is 7.46. The molecule has 2 aliphatic heterocycles. The molecular formula is C15H18N6O. The molecule has 7 heteroatoms. The average molecular weight is 298 g/mol. The summed E-state index contributed by atoms with van der Waals surface area (Å²) in [6.07, 6.45) is 3.44. The van der Waals surface area contributed by atoms with Crippen LogP contribution in [0.4, 0.5) is 11.5 Å². The molecule has 0 bridgehead atoms. The van der Waals surface area contributed by atoms with Crippen LogP contribution in [-0.2, 0) is 4.74 Å². The van der Waals surface area contributed by atoms with Crippen LogP contribution in [0.1, 0.15) is 12.8 Å². The van der Waals surface area contributed by atoms with Gasteiger partial charge in [-0.05, 0) is 31.3 Å². The Bertz CT molecular complexity index is 738. The second-order valence-corrected chi connectivity index (χ2v) is 5.77. The van der Waals surface area contributed by atoms with Gasteiger partial charge >= 0.3 is 0 Å². The van der Waals surface area contributed by atoms with Crippen molar-refractivity contribution < 1.29 is 4.74 Å². The topological polar surface area (TPSA) is 97.5 Å². The van der Waals surface area contributed by atoms with Crippen LogP contribution in [-0.4, -0.2) is 41.2 Å². The smallest absolute Gasteiger partial charge is 0.289 e. The van der Waals surface area contributed by atoms with E-state index in [1.165, 1.54) is 6.33 Å². The number of nitrogens with two attached hydrogens (primary N) is 1. The minimum Gasteiger partial charge on any atom is -0.456 e. The molecule has 0 unspecified atom stereocenters. The number of fused-ring (bicyclic) bond motifs is 1. The number of aromatic nitrogens is 2. The van der Waals surface area contributed by atoms with Crippen LogP contribution in [0, 0.1) is 0 Å². The monoisotopic (exact) mass is 298 g/mol. The third-order valence-corrected chi connectivity index (χ3v) is 4.26. The van der Waals surface area contributed by atoms with Crippen LogP contribution >= 0.6 is 0 Å². The van der Waals surface area contributed by atoms with Crippen LogP contribution in [0.2, 0.25) is 0 Å². The molecule has 1 aromatic heterocycles. The number of benzene rings is 1. The predicted molar refractivity (Wildman–Crippen MR) is 85.8 cm³/mol. The Balaban J connectivity index is 1.53. The van der Waals surface area contributed by atoms with Gasteiger partial charge in [0.05, 0.1) is 12.1 Å². The van der Waals surface area contributed by atoms with E-state index in [0.29, 0.717) is 11.8 Å². The van der Waals surface area contributed by atoms with Gasteiger partial charge in [-0.15, -0.1) is 0 Å². The SMILES string of the molecule is Nc1ncnc2ccc(NC3=NCC4(CCNCC4)O3)cc12. The molecule has 2 aliphatic rings. The van der Waals surface area contributed by atoms with E-state index in [0.717, 1.165) is 49.1 Å². The normalized spacial score (nSPS) is 19.9. The Labute approximate surface area is 128 Å². The molecule has 0 atom stereocenters. The van der Waals surface area contributed by atoms with Gasteiger partial charge in [-0.3, -0.25) is 0 Å². The number of hydrogen-bond donors (Lipinski definition) is 3. The fraction of sp³-hybridized carbons (Fsp3) is 0.400. The minimum absolute atomic E-state index is 0.132. The maximum absolute atomic E-state index is 6.07. The molecule has 1 saturated heterocycles. The third kappa shape index (κ3) is 2.33. The van der Waals surface area contributed by atoms with Crippen molar-refractivity contribution in [1.29, 1.82) is 0 Å². The summed E-state index contributed by atoms with van der Waals surface area (Å²) in [4.78, 5) is 12.7. The highest BCUT2D eigenvalue weighted by molar-refractivity contribution is 5.96. The Kier molecular flexibility index (Phi) is 3.07. The zero-order valence-electron chi connectivity index (χ0n) is 12.2. The zero-order valence-corrected chi connectivity index (χ0v) is 12.2. The molecule has 4 rings (SSSR count). The van der Waals surface area contributed by atoms with E-state index in [1.807, 2.05) is 18.2 Å². The van der Waals surface area contributed by atoms with Gasteiger partial charge in [0.25, 0.3) is 6.02 Å². The lowest BCUT2D eigenvalue weighted by molar-refractivity contribution is 0.0537. The molecule has 22 heavy (non-hydrogen) atoms. The molecule has 0 saturated carbocycles. The molecular weight excluding hydrogens is 280 g/mol. The van der Waals surface area contributed by atoms with Gasteiger partial charge in [-0.25, -0.2) is 15.0 Å². The van der Waals surface area contributed by atoms with Gasteiger partial charge < -0.3 is 21.1 Å². The van der Waals surface area contributed by atoms with Crippen molar-refractivity contribution in [2.75, 3.05) is 30.7 Å². The van der Waals surface area contributed by atoms with Crippen molar-refractivity contribution in [3.8, 4) is 0 Å². The minimum atomic E-state index is -0.132. The van der Waals surface area contributed by atoms with Crippen molar-refractivity contribution in [3.63, 3.8) is 0 Å². The summed E-state index contributed by atoms with van der Waals surface area (Å²) in [5.41, 5.74) is 7.46. The quantitative estimate of drug-likeness (QED) is 0.730. The number of nitrogens with one attached hydrogen (secondary N) is 2. The first-order valence-corrected chi connectivity index (χ1v) is 7.46. The fourth-order valence-corrected chi connectivity index (χ4v) is 2.97. The fourth-order valence-electron chi connectivity index (χ4n) is 2.97. The summed E-state index contributed by atoms with van der Waals surface area (Å²) in [7, 11) is 0. The lowest BCUT2D eigenvalue weighted by Gasteiger charge is -2.32. The first-order chi connectivity index (χ1) is 10.7. The van der Waals surface area contributed by atoms with Gasteiger partial charge in [0.2, 0.25) is 0 Å². The molecule has 114 valence electrons. The number of hydrogen-bond acceptors (Lipinski definition) is 7. The molecule has 7 nitrogen and oxygen atoms in total. The Morgan fingerprint density at radius 3 is 2.95 bits per heavy atom. The van der Waals surface area contributed by atoms with Gasteiger partial charge in [0.1, 0.15) is 17.7 Å². The summed E-state index contributed by atoms with van der Waals surface area (Å²) in [6.45, 7) is 2.68. The molecule has 3 heterocycles. The highest BCUT2D eigenvalue weighted by Crippen LogP contribution is 2.29. The number of ether oxygens (including phenoxy) is 1. The van der Waals surface area contributed by atoms with Crippen LogP contribution < -0.4 is 16.4 Å². The van der Waals surface area contributed by atoms with Crippen LogP contribution in [0.25, 0.3) is 10.9 Å². The first kappa shape index (κ1) is 13.3. The summed E-state index contributed by atoms with van der Waals surface area (Å²) in [5.74, 6) is 0.470. The van der Waals surface area contributed by atoms with E-state index in [-0.39, 0.29) is 5.60 Å². The van der Waals surface area contributed by atoms with Crippen molar-refractivity contribution in [3.05, 3.63) is 24.5 Å². The van der Waals surface area contributed by atoms with Gasteiger partial charge in [-0.2, -0.15) is 0 Å². The molecule has 0 amide bonds. The number of rotatable bonds is 1. The highest BCUT2D eigenvalue weighted by atomic mass is 16.5. The number of nitrogens with zero attached hydrogens (tertiary/aromatic N) is 3. The van der Waals surface area contributed by atoms with Crippen molar-refractivity contribution >= 4 is 28.4 Å². The van der Waals surface area contributed by atoms with Crippen molar-refractivity contribution in [2.24, 2.45) is 4.99 Å². The Morgan fingerprint density at radius 1 is 1.23 bits per heavy atom. The maximum atomic E-state index is 6.07. The number of nitrogen functional groups attached to an aromatic ring is 1. The summed E-state index contributed by atoms with van der Waals surface area (Å²) >= 11 is 0. The van der Waals surface area contributed by atoms with Crippen molar-refractivity contribution in [2.45, 2.75) is 18.4 Å². The molecule has 1 aromatic carbocycles. The largest absolute Gasteiger partial charge is 0.456 e. The Hall–Kier alpha value is -2.41. The molecule has 1 spiro atoms. The number of aliphatic imine (C=N–C) groups is 1. The Morgan fingerprint density at radius 2 is 2.09 bits per heavy atom. The molecule has 1 fully saturated rings. The lowest BCUT2D eigenvalue weighted by atomic mass is 9.93. The van der Waals surface area contributed by atoms with E-state index in [9.17, 15) is 0 Å².